The topological polar surface area (TPSA) is 53.7 Å². The fraction of sp³-hybridized carbons (Fsp3) is 0.929. The van der Waals surface area contributed by atoms with Crippen LogP contribution in [0.4, 0.5) is 0 Å². The molecule has 0 aromatic heterocycles. The van der Waals surface area contributed by atoms with Gasteiger partial charge in [0.05, 0.1) is 11.8 Å². The number of nitrogens with zero attached hydrogens (tertiary/aromatic N) is 2. The molecule has 0 bridgehead atoms. The summed E-state index contributed by atoms with van der Waals surface area (Å²) in [4.78, 5) is 4.79. The second-order valence-corrected chi connectivity index (χ2v) is 5.63. The van der Waals surface area contributed by atoms with E-state index in [1.165, 1.54) is 31.4 Å². The highest BCUT2D eigenvalue weighted by atomic mass is 15.6. The Morgan fingerprint density at radius 3 is 2.83 bits per heavy atom. The molecular formula is C14H28N4. The predicted molar refractivity (Wildman–Crippen MR) is 76.4 cm³/mol. The third kappa shape index (κ3) is 2.60. The summed E-state index contributed by atoms with van der Waals surface area (Å²) in [6.45, 7) is 8.65. The van der Waals surface area contributed by atoms with Crippen molar-refractivity contribution in [3.8, 4) is 0 Å². The van der Waals surface area contributed by atoms with E-state index in [4.69, 9.17) is 10.7 Å². The average Bonchev–Trinajstić information content (AvgIpc) is 2.72. The smallest absolute Gasteiger partial charge is 0.111 e. The van der Waals surface area contributed by atoms with Crippen LogP contribution in [0, 0.1) is 11.8 Å². The molecule has 0 aromatic rings. The summed E-state index contributed by atoms with van der Waals surface area (Å²) in [6, 6.07) is 0.393. The molecule has 0 amide bonds. The fourth-order valence-corrected chi connectivity index (χ4v) is 3.46. The minimum Gasteiger partial charge on any atom is -0.310 e. The standard InChI is InChI=1S/C14H28N4/c1-4-7-10(5-2)11-8-12-13(16-9-11)14(15)18(6-3)17-12/h10-12,14,17H,4-9,15H2,1-3H3. The maximum Gasteiger partial charge on any atom is 0.111 e. The van der Waals surface area contributed by atoms with Gasteiger partial charge in [0.1, 0.15) is 6.17 Å². The minimum atomic E-state index is -0.00722. The van der Waals surface area contributed by atoms with Crippen LogP contribution < -0.4 is 11.2 Å². The Balaban J connectivity index is 2.02. The van der Waals surface area contributed by atoms with Crippen molar-refractivity contribution in [3.05, 3.63) is 0 Å². The first-order chi connectivity index (χ1) is 8.71. The normalized spacial score (nSPS) is 34.2. The maximum atomic E-state index is 6.19. The largest absolute Gasteiger partial charge is 0.310 e. The molecule has 4 heteroatoms. The highest BCUT2D eigenvalue weighted by Crippen LogP contribution is 2.31. The molecule has 2 aliphatic heterocycles. The molecule has 4 atom stereocenters. The van der Waals surface area contributed by atoms with Crippen molar-refractivity contribution < 1.29 is 0 Å². The fourth-order valence-electron chi connectivity index (χ4n) is 3.46. The number of hydrogen-bond donors (Lipinski definition) is 2. The van der Waals surface area contributed by atoms with Gasteiger partial charge in [0, 0.05) is 13.1 Å². The molecule has 1 saturated heterocycles. The van der Waals surface area contributed by atoms with Crippen molar-refractivity contribution in [3.63, 3.8) is 0 Å². The van der Waals surface area contributed by atoms with E-state index in [9.17, 15) is 0 Å². The van der Waals surface area contributed by atoms with Gasteiger partial charge in [0.25, 0.3) is 0 Å². The summed E-state index contributed by atoms with van der Waals surface area (Å²) in [5, 5.41) is 2.12. The third-order valence-corrected chi connectivity index (χ3v) is 4.56. The molecule has 4 unspecified atom stereocenters. The summed E-state index contributed by atoms with van der Waals surface area (Å²) < 4.78 is 0. The quantitative estimate of drug-likeness (QED) is 0.784. The third-order valence-electron chi connectivity index (χ3n) is 4.56. The molecule has 104 valence electrons. The molecule has 18 heavy (non-hydrogen) atoms. The van der Waals surface area contributed by atoms with E-state index in [-0.39, 0.29) is 6.17 Å². The Morgan fingerprint density at radius 1 is 1.44 bits per heavy atom. The Labute approximate surface area is 111 Å². The molecule has 3 N–H and O–H groups in total. The molecule has 0 aromatic carbocycles. The molecule has 0 aliphatic carbocycles. The van der Waals surface area contributed by atoms with E-state index in [1.807, 2.05) is 0 Å². The van der Waals surface area contributed by atoms with E-state index in [2.05, 4.69) is 31.2 Å². The van der Waals surface area contributed by atoms with E-state index in [0.29, 0.717) is 6.04 Å². The van der Waals surface area contributed by atoms with Crippen molar-refractivity contribution in [2.24, 2.45) is 22.6 Å². The minimum absolute atomic E-state index is 0.00722. The van der Waals surface area contributed by atoms with E-state index < -0.39 is 0 Å². The molecule has 0 spiro atoms. The molecule has 0 radical (unpaired) electrons. The first kappa shape index (κ1) is 14.0. The number of rotatable bonds is 5. The van der Waals surface area contributed by atoms with Crippen LogP contribution in [0.1, 0.15) is 46.5 Å². The lowest BCUT2D eigenvalue weighted by molar-refractivity contribution is 0.183. The van der Waals surface area contributed by atoms with E-state index in [1.54, 1.807) is 0 Å². The molecule has 0 saturated carbocycles. The number of aliphatic imine (C=N–C) groups is 1. The monoisotopic (exact) mass is 252 g/mol. The van der Waals surface area contributed by atoms with E-state index in [0.717, 1.165) is 24.9 Å². The van der Waals surface area contributed by atoms with Crippen molar-refractivity contribution in [1.29, 1.82) is 0 Å². The average molecular weight is 252 g/mol. The second kappa shape index (κ2) is 6.13. The zero-order valence-corrected chi connectivity index (χ0v) is 12.0. The van der Waals surface area contributed by atoms with Crippen LogP contribution in [0.25, 0.3) is 0 Å². The van der Waals surface area contributed by atoms with Gasteiger partial charge in [-0.1, -0.05) is 40.0 Å². The maximum absolute atomic E-state index is 6.19. The van der Waals surface area contributed by atoms with Crippen molar-refractivity contribution >= 4 is 5.71 Å². The summed E-state index contributed by atoms with van der Waals surface area (Å²) in [7, 11) is 0. The van der Waals surface area contributed by atoms with Crippen LogP contribution >= 0.6 is 0 Å². The molecule has 1 fully saturated rings. The lowest BCUT2D eigenvalue weighted by Gasteiger charge is -2.31. The van der Waals surface area contributed by atoms with Crippen LogP contribution in [-0.4, -0.2) is 36.0 Å². The number of hydrazine groups is 1. The van der Waals surface area contributed by atoms with Crippen molar-refractivity contribution in [2.75, 3.05) is 13.1 Å². The van der Waals surface area contributed by atoms with Gasteiger partial charge >= 0.3 is 0 Å². The predicted octanol–water partition coefficient (Wildman–Crippen LogP) is 1.77. The summed E-state index contributed by atoms with van der Waals surface area (Å²) in [6.07, 6.45) is 5.10. The number of nitrogens with two attached hydrogens (primary N) is 1. The Bertz CT molecular complexity index is 302. The molecule has 4 nitrogen and oxygen atoms in total. The van der Waals surface area contributed by atoms with Crippen molar-refractivity contribution in [2.45, 2.75) is 58.7 Å². The molecule has 2 rings (SSSR count). The van der Waals surface area contributed by atoms with Crippen molar-refractivity contribution in [1.82, 2.24) is 10.4 Å². The highest BCUT2D eigenvalue weighted by molar-refractivity contribution is 5.95. The van der Waals surface area contributed by atoms with Gasteiger partial charge < -0.3 is 5.73 Å². The summed E-state index contributed by atoms with van der Waals surface area (Å²) >= 11 is 0. The van der Waals surface area contributed by atoms with Gasteiger partial charge in [-0.2, -0.15) is 0 Å². The van der Waals surface area contributed by atoms with Gasteiger partial charge in [0.2, 0.25) is 0 Å². The van der Waals surface area contributed by atoms with Crippen LogP contribution in [0.5, 0.6) is 0 Å². The lowest BCUT2D eigenvalue weighted by Crippen LogP contribution is -2.44. The van der Waals surface area contributed by atoms with Gasteiger partial charge in [-0.25, -0.2) is 10.4 Å². The van der Waals surface area contributed by atoms with Crippen LogP contribution in [-0.2, 0) is 0 Å². The Hall–Kier alpha value is -0.450. The molecule has 2 heterocycles. The second-order valence-electron chi connectivity index (χ2n) is 5.63. The summed E-state index contributed by atoms with van der Waals surface area (Å²) in [5.74, 6) is 1.56. The van der Waals surface area contributed by atoms with Crippen LogP contribution in [0.3, 0.4) is 0 Å². The highest BCUT2D eigenvalue weighted by Gasteiger charge is 2.39. The number of nitrogens with one attached hydrogen (secondary N) is 1. The SMILES string of the molecule is CCCC(CC)C1CN=C2C(C1)NN(CC)C2N. The first-order valence-electron chi connectivity index (χ1n) is 7.53. The lowest BCUT2D eigenvalue weighted by atomic mass is 9.80. The van der Waals surface area contributed by atoms with Gasteiger partial charge in [0.15, 0.2) is 0 Å². The van der Waals surface area contributed by atoms with Gasteiger partial charge in [-0.05, 0) is 18.3 Å². The zero-order valence-electron chi connectivity index (χ0n) is 12.0. The molecule has 2 aliphatic rings. The Morgan fingerprint density at radius 2 is 2.22 bits per heavy atom. The van der Waals surface area contributed by atoms with Gasteiger partial charge in [-0.3, -0.25) is 4.99 Å². The van der Waals surface area contributed by atoms with E-state index >= 15 is 0 Å². The first-order valence-corrected chi connectivity index (χ1v) is 7.53. The summed E-state index contributed by atoms with van der Waals surface area (Å²) in [5.41, 5.74) is 10.9. The van der Waals surface area contributed by atoms with Gasteiger partial charge in [-0.15, -0.1) is 0 Å². The number of hydrogen-bond acceptors (Lipinski definition) is 4. The van der Waals surface area contributed by atoms with Crippen LogP contribution in [0.15, 0.2) is 4.99 Å². The number of fused-ring (bicyclic) bond motifs is 1. The van der Waals surface area contributed by atoms with Crippen LogP contribution in [0.2, 0.25) is 0 Å². The zero-order chi connectivity index (χ0) is 13.1. The Kier molecular flexibility index (Phi) is 4.76. The molecular weight excluding hydrogens is 224 g/mol.